The van der Waals surface area contributed by atoms with Crippen molar-refractivity contribution in [3.8, 4) is 0 Å². The van der Waals surface area contributed by atoms with Crippen LogP contribution in [-0.4, -0.2) is 19.9 Å². The molecule has 4 rings (SSSR count). The van der Waals surface area contributed by atoms with Gasteiger partial charge in [-0.15, -0.1) is 0 Å². The second-order valence-corrected chi connectivity index (χ2v) is 6.18. The molecule has 4 heteroatoms. The highest BCUT2D eigenvalue weighted by Crippen LogP contribution is 2.33. The Labute approximate surface area is 153 Å². The number of hydrogen-bond donors (Lipinski definition) is 0. The van der Waals surface area contributed by atoms with E-state index in [2.05, 4.69) is 53.3 Å². The molecule has 0 saturated heterocycles. The van der Waals surface area contributed by atoms with Gasteiger partial charge in [-0.3, -0.25) is 0 Å². The summed E-state index contributed by atoms with van der Waals surface area (Å²) in [5.41, 5.74) is 5.17. The minimum absolute atomic E-state index is 0.0546. The maximum absolute atomic E-state index is 11.7. The van der Waals surface area contributed by atoms with Crippen LogP contribution in [0.3, 0.4) is 0 Å². The normalized spacial score (nSPS) is 12.7. The van der Waals surface area contributed by atoms with Gasteiger partial charge in [0, 0.05) is 11.4 Å². The Hall–Kier alpha value is -3.27. The Morgan fingerprint density at radius 1 is 0.885 bits per heavy atom. The van der Waals surface area contributed by atoms with Crippen LogP contribution in [0.1, 0.15) is 15.9 Å². The van der Waals surface area contributed by atoms with E-state index in [1.807, 2.05) is 42.5 Å². The van der Waals surface area contributed by atoms with Crippen LogP contribution in [0.4, 0.5) is 11.4 Å². The van der Waals surface area contributed by atoms with Gasteiger partial charge >= 0.3 is 12.8 Å². The Morgan fingerprint density at radius 2 is 1.58 bits per heavy atom. The predicted octanol–water partition coefficient (Wildman–Crippen LogP) is 4.08. The van der Waals surface area contributed by atoms with Crippen LogP contribution in [0.5, 0.6) is 0 Å². The van der Waals surface area contributed by atoms with Gasteiger partial charge in [-0.2, -0.15) is 0 Å². The van der Waals surface area contributed by atoms with E-state index in [1.54, 1.807) is 0 Å². The lowest BCUT2D eigenvalue weighted by molar-refractivity contribution is 0.0601. The lowest BCUT2D eigenvalue weighted by atomic mass is 9.52. The highest BCUT2D eigenvalue weighted by atomic mass is 16.5. The largest absolute Gasteiger partial charge is 0.465 e. The van der Waals surface area contributed by atoms with Crippen molar-refractivity contribution in [2.45, 2.75) is 0 Å². The number of carbonyl (C=O) groups is 1. The van der Waals surface area contributed by atoms with Crippen molar-refractivity contribution in [2.24, 2.45) is 0 Å². The fourth-order valence-corrected chi connectivity index (χ4v) is 3.36. The van der Waals surface area contributed by atoms with Gasteiger partial charge in [0.2, 0.25) is 0 Å². The summed E-state index contributed by atoms with van der Waals surface area (Å²) in [4.78, 5) is 14.0. The van der Waals surface area contributed by atoms with E-state index < -0.39 is 0 Å². The van der Waals surface area contributed by atoms with Crippen LogP contribution in [-0.2, 0) is 4.74 Å². The minimum atomic E-state index is -0.319. The van der Waals surface area contributed by atoms with E-state index in [0.717, 1.165) is 11.2 Å². The summed E-state index contributed by atoms with van der Waals surface area (Å²) in [5.74, 6) is 1.88. The molecule has 0 N–H and O–H groups in total. The van der Waals surface area contributed by atoms with Crippen molar-refractivity contribution in [3.05, 3.63) is 96.0 Å². The number of ether oxygens (including phenoxy) is 1. The van der Waals surface area contributed by atoms with Crippen LogP contribution in [0.25, 0.3) is 6.08 Å². The molecule has 126 valence electrons. The fourth-order valence-electron chi connectivity index (χ4n) is 3.36. The zero-order valence-corrected chi connectivity index (χ0v) is 14.5. The number of rotatable bonds is 3. The van der Waals surface area contributed by atoms with E-state index in [1.165, 1.54) is 18.4 Å². The van der Waals surface area contributed by atoms with Crippen LogP contribution in [0.15, 0.2) is 84.8 Å². The molecule has 3 nitrogen and oxygen atoms in total. The molecule has 1 aliphatic rings. The van der Waals surface area contributed by atoms with Crippen molar-refractivity contribution in [1.29, 1.82) is 0 Å². The van der Waals surface area contributed by atoms with Crippen LogP contribution < -0.4 is 10.3 Å². The van der Waals surface area contributed by atoms with E-state index in [4.69, 9.17) is 4.74 Å². The van der Waals surface area contributed by atoms with Gasteiger partial charge in [0.1, 0.15) is 0 Å². The van der Waals surface area contributed by atoms with Crippen molar-refractivity contribution in [3.63, 3.8) is 0 Å². The number of para-hydroxylation sites is 2. The Morgan fingerprint density at radius 3 is 2.31 bits per heavy atom. The molecule has 0 fully saturated rings. The quantitative estimate of drug-likeness (QED) is 0.532. The molecule has 1 heterocycles. The summed E-state index contributed by atoms with van der Waals surface area (Å²) in [5, 5.41) is 0. The summed E-state index contributed by atoms with van der Waals surface area (Å²) in [6.07, 6.45) is 2.16. The maximum Gasteiger partial charge on any atom is 0.337 e. The van der Waals surface area contributed by atoms with Crippen molar-refractivity contribution in [2.75, 3.05) is 11.9 Å². The topological polar surface area (TPSA) is 29.5 Å². The Bertz CT molecular complexity index is 951. The lowest BCUT2D eigenvalue weighted by Crippen LogP contribution is -2.46. The van der Waals surface area contributed by atoms with E-state index in [0.29, 0.717) is 5.56 Å². The Kier molecular flexibility index (Phi) is 4.32. The number of benzene rings is 3. The van der Waals surface area contributed by atoms with Crippen LogP contribution >= 0.6 is 0 Å². The molecule has 0 atom stereocenters. The molecule has 3 aromatic rings. The number of methoxy groups -OCH3 is 1. The van der Waals surface area contributed by atoms with Crippen LogP contribution in [0, 0.1) is 0 Å². The number of carbonyl (C=O) groups excluding carboxylic acids is 1. The lowest BCUT2D eigenvalue weighted by Gasteiger charge is -2.34. The third-order valence-corrected chi connectivity index (χ3v) is 4.64. The van der Waals surface area contributed by atoms with Crippen molar-refractivity contribution >= 4 is 35.7 Å². The molecule has 0 radical (unpaired) electrons. The van der Waals surface area contributed by atoms with Gasteiger partial charge < -0.3 is 9.55 Å². The molecule has 0 saturated carbocycles. The van der Waals surface area contributed by atoms with Crippen molar-refractivity contribution in [1.82, 2.24) is 0 Å². The second-order valence-electron chi connectivity index (χ2n) is 6.18. The maximum atomic E-state index is 11.7. The summed E-state index contributed by atoms with van der Waals surface area (Å²) < 4.78 is 4.80. The molecule has 0 amide bonds. The van der Waals surface area contributed by atoms with Gasteiger partial charge in [-0.05, 0) is 35.9 Å². The highest BCUT2D eigenvalue weighted by molar-refractivity contribution is 6.83. The van der Waals surface area contributed by atoms with E-state index in [9.17, 15) is 4.79 Å². The number of nitrogens with zero attached hydrogens (tertiary/aromatic N) is 1. The average Bonchev–Trinajstić information content (AvgIpc) is 2.73. The third-order valence-electron chi connectivity index (χ3n) is 4.64. The number of fused-ring (bicyclic) bond motifs is 1. The first-order chi connectivity index (χ1) is 12.8. The van der Waals surface area contributed by atoms with Gasteiger partial charge in [-0.1, -0.05) is 66.0 Å². The Balaban J connectivity index is 1.78. The molecule has 0 unspecified atom stereocenters. The molecule has 3 aromatic carbocycles. The van der Waals surface area contributed by atoms with E-state index in [-0.39, 0.29) is 12.8 Å². The monoisotopic (exact) mass is 339 g/mol. The zero-order valence-electron chi connectivity index (χ0n) is 14.5. The number of anilines is 2. The molecule has 0 spiro atoms. The summed E-state index contributed by atoms with van der Waals surface area (Å²) in [7, 11) is 1.40. The molecule has 26 heavy (non-hydrogen) atoms. The average molecular weight is 339 g/mol. The third kappa shape index (κ3) is 2.90. The summed E-state index contributed by atoms with van der Waals surface area (Å²) in [6, 6.07) is 26.4. The smallest absolute Gasteiger partial charge is 0.337 e. The number of esters is 1. The van der Waals surface area contributed by atoms with Gasteiger partial charge in [-0.25, -0.2) is 4.79 Å². The van der Waals surface area contributed by atoms with Gasteiger partial charge in [0.15, 0.2) is 0 Å². The molecule has 1 aliphatic heterocycles. The van der Waals surface area contributed by atoms with Crippen LogP contribution in [0.2, 0.25) is 0 Å². The first-order valence-electron chi connectivity index (χ1n) is 8.58. The number of hydrogen-bond acceptors (Lipinski definition) is 3. The fraction of sp³-hybridized carbons (Fsp3) is 0.0455. The highest BCUT2D eigenvalue weighted by Gasteiger charge is 2.29. The molecule has 0 aliphatic carbocycles. The molecular weight excluding hydrogens is 321 g/mol. The summed E-state index contributed by atoms with van der Waals surface area (Å²) in [6.45, 7) is 0.0546. The standard InChI is InChI=1S/C22H18BNO2/c1-26-22(25)18-11-13-19(14-12-18)23-16-15-17-7-5-6-10-21(17)24(23)20-8-3-2-4-9-20/h2-16H,1H3. The minimum Gasteiger partial charge on any atom is -0.465 e. The first kappa shape index (κ1) is 16.2. The first-order valence-corrected chi connectivity index (χ1v) is 8.58. The SMILES string of the molecule is COC(=O)c1ccc(B2C=Cc3ccccc3N2c2ccccc2)cc1. The second kappa shape index (κ2) is 6.92. The van der Waals surface area contributed by atoms with Gasteiger partial charge in [0.05, 0.1) is 12.7 Å². The van der Waals surface area contributed by atoms with E-state index >= 15 is 0 Å². The molecule has 0 aromatic heterocycles. The molecule has 0 bridgehead atoms. The molecular formula is C22H18BNO2. The van der Waals surface area contributed by atoms with Crippen molar-refractivity contribution < 1.29 is 9.53 Å². The summed E-state index contributed by atoms with van der Waals surface area (Å²) >= 11 is 0. The predicted molar refractivity (Wildman–Crippen MR) is 107 cm³/mol. The zero-order chi connectivity index (χ0) is 17.9. The van der Waals surface area contributed by atoms with Gasteiger partial charge in [0.25, 0.3) is 0 Å².